The standard InChI is InChI=1S/C15H20F2N2O/c16-12-5-6-13(14(17)11-12)15(20)18-7-1-2-8-19-9-3-4-10-19/h5-6,11H,1-4,7-10H2,(H,18,20). The smallest absolute Gasteiger partial charge is 0.254 e. The van der Waals surface area contributed by atoms with Gasteiger partial charge in [-0.25, -0.2) is 8.78 Å². The zero-order valence-corrected chi connectivity index (χ0v) is 11.5. The summed E-state index contributed by atoms with van der Waals surface area (Å²) in [4.78, 5) is 14.1. The Hall–Kier alpha value is -1.49. The molecule has 1 fully saturated rings. The van der Waals surface area contributed by atoms with Crippen molar-refractivity contribution in [1.29, 1.82) is 0 Å². The van der Waals surface area contributed by atoms with E-state index in [0.717, 1.165) is 31.5 Å². The van der Waals surface area contributed by atoms with Crippen molar-refractivity contribution in [3.05, 3.63) is 35.4 Å². The van der Waals surface area contributed by atoms with Crippen molar-refractivity contribution in [3.8, 4) is 0 Å². The molecule has 110 valence electrons. The zero-order valence-electron chi connectivity index (χ0n) is 11.5. The van der Waals surface area contributed by atoms with Crippen LogP contribution in [0.5, 0.6) is 0 Å². The molecule has 0 atom stereocenters. The Morgan fingerprint density at radius 3 is 2.65 bits per heavy atom. The quantitative estimate of drug-likeness (QED) is 0.813. The average molecular weight is 282 g/mol. The molecule has 3 nitrogen and oxygen atoms in total. The van der Waals surface area contributed by atoms with Crippen LogP contribution in [-0.4, -0.2) is 37.0 Å². The third-order valence-corrected chi connectivity index (χ3v) is 3.56. The van der Waals surface area contributed by atoms with Crippen LogP contribution in [0.15, 0.2) is 18.2 Å². The topological polar surface area (TPSA) is 32.3 Å². The molecule has 1 N–H and O–H groups in total. The molecule has 5 heteroatoms. The Kier molecular flexibility index (Phi) is 5.47. The molecule has 0 aromatic heterocycles. The molecule has 0 spiro atoms. The van der Waals surface area contributed by atoms with Crippen LogP contribution in [-0.2, 0) is 0 Å². The fourth-order valence-electron chi connectivity index (χ4n) is 2.44. The van der Waals surface area contributed by atoms with Gasteiger partial charge >= 0.3 is 0 Å². The predicted octanol–water partition coefficient (Wildman–Crippen LogP) is 2.57. The molecule has 1 aromatic carbocycles. The molecule has 1 heterocycles. The van der Waals surface area contributed by atoms with Crippen molar-refractivity contribution < 1.29 is 13.6 Å². The first-order valence-corrected chi connectivity index (χ1v) is 7.12. The largest absolute Gasteiger partial charge is 0.352 e. The first kappa shape index (κ1) is 14.9. The van der Waals surface area contributed by atoms with Crippen LogP contribution in [0.25, 0.3) is 0 Å². The average Bonchev–Trinajstić information content (AvgIpc) is 2.91. The van der Waals surface area contributed by atoms with Crippen molar-refractivity contribution in [1.82, 2.24) is 10.2 Å². The fourth-order valence-corrected chi connectivity index (χ4v) is 2.44. The highest BCUT2D eigenvalue weighted by Crippen LogP contribution is 2.10. The van der Waals surface area contributed by atoms with Crippen molar-refractivity contribution in [2.45, 2.75) is 25.7 Å². The zero-order chi connectivity index (χ0) is 14.4. The number of rotatable bonds is 6. The normalized spacial score (nSPS) is 15.5. The van der Waals surface area contributed by atoms with Gasteiger partial charge in [-0.3, -0.25) is 4.79 Å². The third kappa shape index (κ3) is 4.27. The number of likely N-dealkylation sites (tertiary alicyclic amines) is 1. The van der Waals surface area contributed by atoms with E-state index in [1.54, 1.807) is 0 Å². The summed E-state index contributed by atoms with van der Waals surface area (Å²) in [5, 5.41) is 2.66. The van der Waals surface area contributed by atoms with Gasteiger partial charge in [0.25, 0.3) is 5.91 Å². The van der Waals surface area contributed by atoms with Gasteiger partial charge in [0.2, 0.25) is 0 Å². The van der Waals surface area contributed by atoms with E-state index in [1.165, 1.54) is 32.0 Å². The molecule has 1 amide bonds. The van der Waals surface area contributed by atoms with E-state index in [2.05, 4.69) is 10.2 Å². The van der Waals surface area contributed by atoms with Crippen molar-refractivity contribution >= 4 is 5.91 Å². The van der Waals surface area contributed by atoms with Gasteiger partial charge in [0, 0.05) is 12.6 Å². The molecule has 0 saturated carbocycles. The Morgan fingerprint density at radius 2 is 1.95 bits per heavy atom. The lowest BCUT2D eigenvalue weighted by Crippen LogP contribution is -2.26. The summed E-state index contributed by atoms with van der Waals surface area (Å²) in [5.41, 5.74) is -0.106. The van der Waals surface area contributed by atoms with E-state index in [1.807, 2.05) is 0 Å². The molecular weight excluding hydrogens is 262 g/mol. The minimum atomic E-state index is -0.820. The van der Waals surface area contributed by atoms with Gasteiger partial charge < -0.3 is 10.2 Å². The molecule has 1 aliphatic rings. The van der Waals surface area contributed by atoms with E-state index < -0.39 is 17.5 Å². The maximum absolute atomic E-state index is 13.4. The molecule has 0 aliphatic carbocycles. The summed E-state index contributed by atoms with van der Waals surface area (Å²) in [5.74, 6) is -1.98. The summed E-state index contributed by atoms with van der Waals surface area (Å²) in [6, 6.07) is 2.98. The molecule has 1 aromatic rings. The first-order valence-electron chi connectivity index (χ1n) is 7.12. The lowest BCUT2D eigenvalue weighted by molar-refractivity contribution is 0.0948. The number of amides is 1. The van der Waals surface area contributed by atoms with Crippen LogP contribution < -0.4 is 5.32 Å². The molecule has 0 radical (unpaired) electrons. The number of hydrogen-bond donors (Lipinski definition) is 1. The lowest BCUT2D eigenvalue weighted by Gasteiger charge is -2.14. The second-order valence-electron chi connectivity index (χ2n) is 5.14. The van der Waals surface area contributed by atoms with Crippen LogP contribution in [0.2, 0.25) is 0 Å². The number of hydrogen-bond acceptors (Lipinski definition) is 2. The van der Waals surface area contributed by atoms with E-state index in [0.29, 0.717) is 6.54 Å². The molecule has 0 unspecified atom stereocenters. The Bertz CT molecular complexity index is 459. The van der Waals surface area contributed by atoms with Gasteiger partial charge in [0.15, 0.2) is 0 Å². The molecule has 1 aliphatic heterocycles. The van der Waals surface area contributed by atoms with Gasteiger partial charge in [0.1, 0.15) is 11.6 Å². The van der Waals surface area contributed by atoms with E-state index >= 15 is 0 Å². The molecule has 1 saturated heterocycles. The molecule has 2 rings (SSSR count). The number of halogens is 2. The van der Waals surface area contributed by atoms with Crippen molar-refractivity contribution in [3.63, 3.8) is 0 Å². The predicted molar refractivity (Wildman–Crippen MR) is 73.6 cm³/mol. The van der Waals surface area contributed by atoms with Gasteiger partial charge in [0.05, 0.1) is 5.56 Å². The van der Waals surface area contributed by atoms with Gasteiger partial charge in [-0.05, 0) is 57.5 Å². The number of unbranched alkanes of at least 4 members (excludes halogenated alkanes) is 1. The maximum Gasteiger partial charge on any atom is 0.254 e. The van der Waals surface area contributed by atoms with Crippen LogP contribution in [0.4, 0.5) is 8.78 Å². The third-order valence-electron chi connectivity index (χ3n) is 3.56. The Balaban J connectivity index is 1.66. The highest BCUT2D eigenvalue weighted by atomic mass is 19.1. The summed E-state index contributed by atoms with van der Waals surface area (Å²) < 4.78 is 26.1. The summed E-state index contributed by atoms with van der Waals surface area (Å²) >= 11 is 0. The van der Waals surface area contributed by atoms with E-state index in [-0.39, 0.29) is 5.56 Å². The lowest BCUT2D eigenvalue weighted by atomic mass is 10.2. The number of nitrogens with one attached hydrogen (secondary N) is 1. The van der Waals surface area contributed by atoms with Gasteiger partial charge in [-0.15, -0.1) is 0 Å². The monoisotopic (exact) mass is 282 g/mol. The van der Waals surface area contributed by atoms with Crippen LogP contribution in [0, 0.1) is 11.6 Å². The molecule has 0 bridgehead atoms. The van der Waals surface area contributed by atoms with Crippen LogP contribution in [0.1, 0.15) is 36.0 Å². The van der Waals surface area contributed by atoms with Crippen molar-refractivity contribution in [2.75, 3.05) is 26.2 Å². The minimum absolute atomic E-state index is 0.106. The van der Waals surface area contributed by atoms with Gasteiger partial charge in [-0.1, -0.05) is 0 Å². The Morgan fingerprint density at radius 1 is 1.20 bits per heavy atom. The highest BCUT2D eigenvalue weighted by molar-refractivity contribution is 5.94. The van der Waals surface area contributed by atoms with Crippen molar-refractivity contribution in [2.24, 2.45) is 0 Å². The van der Waals surface area contributed by atoms with Crippen LogP contribution in [0.3, 0.4) is 0 Å². The number of nitrogens with zero attached hydrogens (tertiary/aromatic N) is 1. The van der Waals surface area contributed by atoms with Gasteiger partial charge in [-0.2, -0.15) is 0 Å². The van der Waals surface area contributed by atoms with E-state index in [4.69, 9.17) is 0 Å². The highest BCUT2D eigenvalue weighted by Gasteiger charge is 2.12. The second-order valence-corrected chi connectivity index (χ2v) is 5.14. The number of benzene rings is 1. The number of carbonyl (C=O) groups is 1. The Labute approximate surface area is 118 Å². The molecule has 20 heavy (non-hydrogen) atoms. The van der Waals surface area contributed by atoms with E-state index in [9.17, 15) is 13.6 Å². The molecular formula is C15H20F2N2O. The summed E-state index contributed by atoms with van der Waals surface area (Å²) in [6.45, 7) is 3.92. The maximum atomic E-state index is 13.4. The SMILES string of the molecule is O=C(NCCCCN1CCCC1)c1ccc(F)cc1F. The number of carbonyl (C=O) groups excluding carboxylic acids is 1. The first-order chi connectivity index (χ1) is 9.66. The van der Waals surface area contributed by atoms with Crippen LogP contribution >= 0.6 is 0 Å². The minimum Gasteiger partial charge on any atom is -0.352 e. The fraction of sp³-hybridized carbons (Fsp3) is 0.533. The second kappa shape index (κ2) is 7.33. The summed E-state index contributed by atoms with van der Waals surface area (Å²) in [7, 11) is 0. The summed E-state index contributed by atoms with van der Waals surface area (Å²) in [6.07, 6.45) is 4.44.